The van der Waals surface area contributed by atoms with Crippen molar-refractivity contribution < 1.29 is 0 Å². The summed E-state index contributed by atoms with van der Waals surface area (Å²) in [5.41, 5.74) is 30.6. The lowest BCUT2D eigenvalue weighted by molar-refractivity contribution is 0.589. The van der Waals surface area contributed by atoms with Gasteiger partial charge in [-0.05, 0) is 208 Å². The second-order valence-corrected chi connectivity index (χ2v) is 29.6. The summed E-state index contributed by atoms with van der Waals surface area (Å²) >= 11 is 1.91. The molecule has 6 heteroatoms. The van der Waals surface area contributed by atoms with Crippen molar-refractivity contribution in [1.82, 2.24) is 4.57 Å². The summed E-state index contributed by atoms with van der Waals surface area (Å²) in [7, 11) is 0. The Kier molecular flexibility index (Phi) is 13.0. The van der Waals surface area contributed by atoms with E-state index in [4.69, 9.17) is 0 Å². The van der Waals surface area contributed by atoms with Crippen LogP contribution in [0.4, 0.5) is 51.2 Å². The van der Waals surface area contributed by atoms with Crippen LogP contribution in [0.25, 0.3) is 58.8 Å². The number of hydrogen-bond donors (Lipinski definition) is 0. The minimum absolute atomic E-state index is 0.0164. The minimum Gasteiger partial charge on any atom is -0.311 e. The smallest absolute Gasteiger partial charge is 0.252 e. The van der Waals surface area contributed by atoms with E-state index in [9.17, 15) is 0 Å². The van der Waals surface area contributed by atoms with Crippen LogP contribution in [-0.4, -0.2) is 11.3 Å². The molecule has 0 unspecified atom stereocenters. The van der Waals surface area contributed by atoms with Gasteiger partial charge in [-0.15, -0.1) is 11.3 Å². The summed E-state index contributed by atoms with van der Waals surface area (Å²) in [5, 5.41) is 5.12. The van der Waals surface area contributed by atoms with Crippen molar-refractivity contribution in [2.45, 2.75) is 113 Å². The van der Waals surface area contributed by atoms with E-state index in [1.165, 1.54) is 148 Å². The summed E-state index contributed by atoms with van der Waals surface area (Å²) in [4.78, 5) is 7.78. The molecule has 0 amide bonds. The molecule has 2 aliphatic heterocycles. The van der Waals surface area contributed by atoms with E-state index in [1.54, 1.807) is 0 Å². The van der Waals surface area contributed by atoms with E-state index >= 15 is 0 Å². The number of benzene rings is 11. The number of thiophene rings is 1. The van der Waals surface area contributed by atoms with Gasteiger partial charge in [0.05, 0.1) is 16.7 Å². The number of aromatic nitrogens is 1. The van der Waals surface area contributed by atoms with E-state index in [1.807, 2.05) is 11.3 Å². The molecule has 438 valence electrons. The average molecular weight is 1170 g/mol. The van der Waals surface area contributed by atoms with Crippen LogP contribution in [0.1, 0.15) is 107 Å². The first kappa shape index (κ1) is 56.4. The molecule has 11 aromatic carbocycles. The summed E-state index contributed by atoms with van der Waals surface area (Å²) in [6.45, 7) is 32.5. The van der Waals surface area contributed by atoms with Crippen LogP contribution in [0.2, 0.25) is 0 Å². The standard InChI is InChI=1S/C83H77BN4S/c1-50-41-74-78-75(42-50)88(62-45-51(2)77(52(3)46-62)67-28-22-27-66-65-26-19-21-30-76(65)89-80(66)67)72-47-56(82(9,10)11)33-39-68(72)84(78)69-40-37-61(49-73(69)87(74)59-34-31-55(32-35-59)81(6,7)8)85(79-53(4)43-57(44-54(79)5)83(12,13)14)60-36-38-64-63-25-18-20-29-70(63)86(71(64)48-60)58-23-16-15-17-24-58/h15-49H,1-14H3. The molecule has 0 spiro atoms. The number of hydrogen-bond acceptors (Lipinski definition) is 4. The summed E-state index contributed by atoms with van der Waals surface area (Å²) in [5.74, 6) is 0. The Bertz CT molecular complexity index is 4990. The first-order valence-electron chi connectivity index (χ1n) is 31.8. The topological polar surface area (TPSA) is 14.7 Å². The Balaban J connectivity index is 0.979. The van der Waals surface area contributed by atoms with Crippen molar-refractivity contribution in [2.75, 3.05) is 14.7 Å². The van der Waals surface area contributed by atoms with Crippen molar-refractivity contribution in [3.8, 4) is 16.8 Å². The molecule has 0 bridgehead atoms. The second-order valence-electron chi connectivity index (χ2n) is 28.6. The maximum Gasteiger partial charge on any atom is 0.252 e. The van der Waals surface area contributed by atoms with Gasteiger partial charge in [-0.3, -0.25) is 0 Å². The van der Waals surface area contributed by atoms with Crippen molar-refractivity contribution >= 4 is 128 Å². The van der Waals surface area contributed by atoms with E-state index in [0.717, 1.165) is 22.7 Å². The third kappa shape index (κ3) is 9.14. The molecule has 4 heterocycles. The molecule has 0 saturated carbocycles. The van der Waals surface area contributed by atoms with Crippen LogP contribution >= 0.6 is 11.3 Å². The zero-order chi connectivity index (χ0) is 61.7. The van der Waals surface area contributed by atoms with E-state index in [2.05, 4.69) is 329 Å². The Morgan fingerprint density at radius 1 is 0.382 bits per heavy atom. The minimum atomic E-state index is -0.0873. The van der Waals surface area contributed by atoms with Gasteiger partial charge in [0.2, 0.25) is 0 Å². The molecule has 89 heavy (non-hydrogen) atoms. The van der Waals surface area contributed by atoms with Gasteiger partial charge in [0.1, 0.15) is 0 Å². The molecule has 0 saturated heterocycles. The van der Waals surface area contributed by atoms with Gasteiger partial charge in [-0.25, -0.2) is 0 Å². The molecule has 0 N–H and O–H groups in total. The average Bonchev–Trinajstić information content (AvgIpc) is 1.41. The first-order valence-corrected chi connectivity index (χ1v) is 32.6. The molecular formula is C83H77BN4S. The molecule has 0 fully saturated rings. The maximum absolute atomic E-state index is 2.62. The van der Waals surface area contributed by atoms with Gasteiger partial charge < -0.3 is 19.3 Å². The summed E-state index contributed by atoms with van der Waals surface area (Å²) in [6, 6.07) is 81.6. The Morgan fingerprint density at radius 2 is 0.933 bits per heavy atom. The predicted molar refractivity (Wildman–Crippen MR) is 388 cm³/mol. The largest absolute Gasteiger partial charge is 0.311 e. The highest BCUT2D eigenvalue weighted by Gasteiger charge is 2.44. The molecule has 13 aromatic rings. The fourth-order valence-corrected chi connectivity index (χ4v) is 16.2. The summed E-state index contributed by atoms with van der Waals surface area (Å²) < 4.78 is 5.12. The highest BCUT2D eigenvalue weighted by molar-refractivity contribution is 7.26. The van der Waals surface area contributed by atoms with E-state index in [0.29, 0.717) is 0 Å². The van der Waals surface area contributed by atoms with Crippen LogP contribution in [0.3, 0.4) is 0 Å². The normalized spacial score (nSPS) is 13.2. The molecule has 2 aromatic heterocycles. The predicted octanol–water partition coefficient (Wildman–Crippen LogP) is 21.8. The number of fused-ring (bicyclic) bond motifs is 10. The van der Waals surface area contributed by atoms with E-state index < -0.39 is 0 Å². The number of anilines is 9. The van der Waals surface area contributed by atoms with Gasteiger partial charge in [-0.1, -0.05) is 184 Å². The molecule has 0 atom stereocenters. The zero-order valence-electron chi connectivity index (χ0n) is 54.0. The monoisotopic (exact) mass is 1170 g/mol. The SMILES string of the molecule is Cc1cc2c3c(c1)N(c1cc(C)c(-c4cccc5c4sc4ccccc45)c(C)c1)c1cc(C(C)(C)C)ccc1B3c1ccc(N(c3ccc4c5ccccc5n(-c5ccccc5)c4c3)c3c(C)cc(C(C)(C)C)cc3C)cc1N2c1ccc(C(C)(C)C)cc1. The lowest BCUT2D eigenvalue weighted by Gasteiger charge is -2.45. The van der Waals surface area contributed by atoms with Crippen molar-refractivity contribution in [3.05, 3.63) is 257 Å². The maximum atomic E-state index is 2.62. The quantitative estimate of drug-likeness (QED) is 0.148. The van der Waals surface area contributed by atoms with Crippen LogP contribution < -0.4 is 31.1 Å². The number of aryl methyl sites for hydroxylation is 5. The Hall–Kier alpha value is -9.10. The molecule has 4 nitrogen and oxygen atoms in total. The van der Waals surface area contributed by atoms with Crippen molar-refractivity contribution in [3.63, 3.8) is 0 Å². The van der Waals surface area contributed by atoms with Crippen molar-refractivity contribution in [1.29, 1.82) is 0 Å². The zero-order valence-corrected chi connectivity index (χ0v) is 54.8. The van der Waals surface area contributed by atoms with Gasteiger partial charge in [0.15, 0.2) is 0 Å². The van der Waals surface area contributed by atoms with Gasteiger partial charge in [-0.2, -0.15) is 0 Å². The molecule has 0 radical (unpaired) electrons. The molecular weight excluding hydrogens is 1100 g/mol. The van der Waals surface area contributed by atoms with Crippen molar-refractivity contribution in [2.24, 2.45) is 0 Å². The third-order valence-electron chi connectivity index (χ3n) is 19.3. The lowest BCUT2D eigenvalue weighted by Crippen LogP contribution is -2.61. The highest BCUT2D eigenvalue weighted by Crippen LogP contribution is 2.51. The fourth-order valence-electron chi connectivity index (χ4n) is 14.9. The van der Waals surface area contributed by atoms with Crippen LogP contribution in [0.15, 0.2) is 212 Å². The Morgan fingerprint density at radius 3 is 1.61 bits per heavy atom. The Labute approximate surface area is 530 Å². The molecule has 15 rings (SSSR count). The van der Waals surface area contributed by atoms with Crippen LogP contribution in [-0.2, 0) is 16.2 Å². The molecule has 2 aliphatic rings. The van der Waals surface area contributed by atoms with E-state index in [-0.39, 0.29) is 23.0 Å². The van der Waals surface area contributed by atoms with Gasteiger partial charge >= 0.3 is 0 Å². The lowest BCUT2D eigenvalue weighted by atomic mass is 9.33. The number of para-hydroxylation sites is 2. The van der Waals surface area contributed by atoms with Crippen LogP contribution in [0, 0.1) is 34.6 Å². The molecule has 0 aliphatic carbocycles. The second kappa shape index (κ2) is 20.5. The summed E-state index contributed by atoms with van der Waals surface area (Å²) in [6.07, 6.45) is 0. The van der Waals surface area contributed by atoms with Gasteiger partial charge in [0.25, 0.3) is 6.71 Å². The number of rotatable bonds is 7. The highest BCUT2D eigenvalue weighted by atomic mass is 32.1. The van der Waals surface area contributed by atoms with Crippen LogP contribution in [0.5, 0.6) is 0 Å². The number of nitrogens with zero attached hydrogens (tertiary/aromatic N) is 4. The fraction of sp³-hybridized carbons (Fsp3) is 0.205. The van der Waals surface area contributed by atoms with Gasteiger partial charge in [0, 0.05) is 87.7 Å². The third-order valence-corrected chi connectivity index (χ3v) is 20.5. The first-order chi connectivity index (χ1) is 42.6.